The molecule has 1 aliphatic heterocycles. The van der Waals surface area contributed by atoms with Crippen LogP contribution in [0.3, 0.4) is 0 Å². The van der Waals surface area contributed by atoms with Gasteiger partial charge in [0.2, 0.25) is 15.9 Å². The predicted octanol–water partition coefficient (Wildman–Crippen LogP) is 3.90. The summed E-state index contributed by atoms with van der Waals surface area (Å²) in [5.74, 6) is 0.835. The van der Waals surface area contributed by atoms with E-state index in [2.05, 4.69) is 0 Å². The Hall–Kier alpha value is -2.38. The van der Waals surface area contributed by atoms with Crippen LogP contribution in [0.2, 0.25) is 0 Å². The molecule has 2 aliphatic rings. The lowest BCUT2D eigenvalue weighted by Crippen LogP contribution is -2.44. The highest BCUT2D eigenvalue weighted by Crippen LogP contribution is 2.33. The van der Waals surface area contributed by atoms with E-state index in [9.17, 15) is 13.2 Å². The van der Waals surface area contributed by atoms with Gasteiger partial charge in [-0.25, -0.2) is 8.42 Å². The average Bonchev–Trinajstić information content (AvgIpc) is 3.64. The molecule has 1 amide bonds. The molecular weight excluding hydrogens is 424 g/mol. The second kappa shape index (κ2) is 9.24. The quantitative estimate of drug-likeness (QED) is 0.634. The van der Waals surface area contributed by atoms with Crippen LogP contribution in [0.15, 0.2) is 47.4 Å². The van der Waals surface area contributed by atoms with Crippen molar-refractivity contribution in [2.45, 2.75) is 57.0 Å². The smallest absolute Gasteiger partial charge is 0.243 e. The van der Waals surface area contributed by atoms with Crippen molar-refractivity contribution >= 4 is 15.9 Å². The fourth-order valence-corrected chi connectivity index (χ4v) is 5.86. The molecule has 1 saturated heterocycles. The van der Waals surface area contributed by atoms with E-state index in [1.54, 1.807) is 19.2 Å². The molecule has 0 spiro atoms. The molecule has 1 heterocycles. The number of rotatable bonds is 7. The summed E-state index contributed by atoms with van der Waals surface area (Å²) in [6, 6.07) is 13.4. The molecule has 1 aliphatic carbocycles. The number of hydrogen-bond acceptors (Lipinski definition) is 4. The van der Waals surface area contributed by atoms with Gasteiger partial charge in [0.1, 0.15) is 5.75 Å². The fourth-order valence-electron chi connectivity index (χ4n) is 4.30. The zero-order valence-corrected chi connectivity index (χ0v) is 19.9. The molecule has 0 bridgehead atoms. The summed E-state index contributed by atoms with van der Waals surface area (Å²) < 4.78 is 32.9. The second-order valence-electron chi connectivity index (χ2n) is 8.97. The number of nitrogens with zero attached hydrogens (tertiary/aromatic N) is 2. The molecule has 0 unspecified atom stereocenters. The molecule has 172 valence electrons. The van der Waals surface area contributed by atoms with Gasteiger partial charge in [-0.15, -0.1) is 0 Å². The van der Waals surface area contributed by atoms with E-state index in [0.29, 0.717) is 43.4 Å². The number of sulfonamides is 1. The van der Waals surface area contributed by atoms with Crippen LogP contribution in [0.5, 0.6) is 5.75 Å². The van der Waals surface area contributed by atoms with Crippen molar-refractivity contribution in [1.82, 2.24) is 9.21 Å². The van der Waals surface area contributed by atoms with Crippen LogP contribution >= 0.6 is 0 Å². The molecule has 0 aromatic heterocycles. The third kappa shape index (κ3) is 4.84. The van der Waals surface area contributed by atoms with Crippen molar-refractivity contribution < 1.29 is 17.9 Å². The van der Waals surface area contributed by atoms with Crippen LogP contribution in [-0.4, -0.2) is 49.8 Å². The minimum absolute atomic E-state index is 0.125. The summed E-state index contributed by atoms with van der Waals surface area (Å²) in [5.41, 5.74) is 3.13. The van der Waals surface area contributed by atoms with Crippen LogP contribution in [-0.2, 0) is 21.4 Å². The number of piperidine rings is 1. The highest BCUT2D eigenvalue weighted by molar-refractivity contribution is 7.89. The lowest BCUT2D eigenvalue weighted by molar-refractivity contribution is -0.138. The number of benzene rings is 2. The first-order valence-electron chi connectivity index (χ1n) is 11.3. The third-order valence-corrected chi connectivity index (χ3v) is 8.60. The Kier molecular flexibility index (Phi) is 6.58. The molecule has 1 saturated carbocycles. The van der Waals surface area contributed by atoms with Gasteiger partial charge in [0.05, 0.1) is 12.0 Å². The minimum Gasteiger partial charge on any atom is -0.497 e. The zero-order chi connectivity index (χ0) is 22.9. The SMILES string of the molecule is COc1ccc(CN(C(=O)C2CCN(S(=O)(=O)c3ccc(C)c(C)c3)CC2)C2CC2)cc1. The molecule has 0 atom stereocenters. The number of hydrogen-bond donors (Lipinski definition) is 0. The summed E-state index contributed by atoms with van der Waals surface area (Å²) in [6.45, 7) is 5.25. The van der Waals surface area contributed by atoms with Gasteiger partial charge in [0.25, 0.3) is 0 Å². The maximum absolute atomic E-state index is 13.3. The normalized spacial score (nSPS) is 17.8. The Morgan fingerprint density at radius 2 is 1.66 bits per heavy atom. The van der Waals surface area contributed by atoms with Crippen LogP contribution in [0.1, 0.15) is 42.4 Å². The molecule has 2 aromatic rings. The second-order valence-corrected chi connectivity index (χ2v) is 10.9. The Morgan fingerprint density at radius 1 is 1.00 bits per heavy atom. The first kappa shape index (κ1) is 22.8. The number of ether oxygens (including phenoxy) is 1. The van der Waals surface area contributed by atoms with Crippen LogP contribution in [0.25, 0.3) is 0 Å². The average molecular weight is 457 g/mol. The first-order chi connectivity index (χ1) is 15.3. The monoisotopic (exact) mass is 456 g/mol. The fraction of sp³-hybridized carbons (Fsp3) is 0.480. The van der Waals surface area contributed by atoms with E-state index < -0.39 is 10.0 Å². The van der Waals surface area contributed by atoms with Crippen molar-refractivity contribution in [2.75, 3.05) is 20.2 Å². The van der Waals surface area contributed by atoms with Crippen molar-refractivity contribution in [2.24, 2.45) is 5.92 Å². The summed E-state index contributed by atoms with van der Waals surface area (Å²) in [6.07, 6.45) is 3.22. The van der Waals surface area contributed by atoms with Crippen molar-refractivity contribution in [3.63, 3.8) is 0 Å². The molecule has 0 N–H and O–H groups in total. The van der Waals surface area contributed by atoms with E-state index >= 15 is 0 Å². The number of carbonyl (C=O) groups excluding carboxylic acids is 1. The Bertz CT molecular complexity index is 1070. The van der Waals surface area contributed by atoms with Gasteiger partial charge in [-0.2, -0.15) is 4.31 Å². The van der Waals surface area contributed by atoms with E-state index in [0.717, 1.165) is 35.3 Å². The van der Waals surface area contributed by atoms with Crippen LogP contribution in [0.4, 0.5) is 0 Å². The van der Waals surface area contributed by atoms with Crippen molar-refractivity contribution in [3.8, 4) is 5.75 Å². The largest absolute Gasteiger partial charge is 0.497 e. The highest BCUT2D eigenvalue weighted by atomic mass is 32.2. The number of aryl methyl sites for hydroxylation is 2. The molecule has 7 heteroatoms. The maximum atomic E-state index is 13.3. The summed E-state index contributed by atoms with van der Waals surface area (Å²) in [7, 11) is -1.89. The van der Waals surface area contributed by atoms with Gasteiger partial charge in [0, 0.05) is 31.6 Å². The molecule has 2 fully saturated rings. The molecule has 0 radical (unpaired) electrons. The predicted molar refractivity (Wildman–Crippen MR) is 124 cm³/mol. The van der Waals surface area contributed by atoms with E-state index in [1.165, 1.54) is 4.31 Å². The lowest BCUT2D eigenvalue weighted by atomic mass is 9.96. The summed E-state index contributed by atoms with van der Waals surface area (Å²) in [5, 5.41) is 0. The lowest BCUT2D eigenvalue weighted by Gasteiger charge is -2.34. The van der Waals surface area contributed by atoms with E-state index in [-0.39, 0.29) is 11.8 Å². The van der Waals surface area contributed by atoms with E-state index in [1.807, 2.05) is 49.1 Å². The summed E-state index contributed by atoms with van der Waals surface area (Å²) in [4.78, 5) is 15.7. The van der Waals surface area contributed by atoms with Gasteiger partial charge >= 0.3 is 0 Å². The zero-order valence-electron chi connectivity index (χ0n) is 19.1. The molecule has 2 aromatic carbocycles. The van der Waals surface area contributed by atoms with Gasteiger partial charge in [-0.1, -0.05) is 18.2 Å². The van der Waals surface area contributed by atoms with Gasteiger partial charge in [-0.05, 0) is 80.5 Å². The molecule has 32 heavy (non-hydrogen) atoms. The van der Waals surface area contributed by atoms with Crippen LogP contribution in [0, 0.1) is 19.8 Å². The topological polar surface area (TPSA) is 66.9 Å². The Labute approximate surface area is 191 Å². The van der Waals surface area contributed by atoms with Gasteiger partial charge < -0.3 is 9.64 Å². The van der Waals surface area contributed by atoms with Crippen molar-refractivity contribution in [1.29, 1.82) is 0 Å². The van der Waals surface area contributed by atoms with Gasteiger partial charge in [-0.3, -0.25) is 4.79 Å². The number of amides is 1. The Morgan fingerprint density at radius 3 is 2.22 bits per heavy atom. The number of methoxy groups -OCH3 is 1. The van der Waals surface area contributed by atoms with Gasteiger partial charge in [0.15, 0.2) is 0 Å². The molecule has 6 nitrogen and oxygen atoms in total. The molecular formula is C25H32N2O4S. The maximum Gasteiger partial charge on any atom is 0.243 e. The molecule has 4 rings (SSSR count). The van der Waals surface area contributed by atoms with Crippen LogP contribution < -0.4 is 4.74 Å². The highest BCUT2D eigenvalue weighted by Gasteiger charge is 2.38. The first-order valence-corrected chi connectivity index (χ1v) is 12.7. The Balaban J connectivity index is 1.40. The summed E-state index contributed by atoms with van der Waals surface area (Å²) >= 11 is 0. The minimum atomic E-state index is -3.53. The standard InChI is InChI=1S/C25H32N2O4S/c1-18-4-11-24(16-19(18)2)32(29,30)26-14-12-21(13-15-26)25(28)27(22-7-8-22)17-20-5-9-23(31-3)10-6-20/h4-6,9-11,16,21-22H,7-8,12-15,17H2,1-3H3. The van der Waals surface area contributed by atoms with E-state index in [4.69, 9.17) is 4.74 Å². The number of carbonyl (C=O) groups is 1. The third-order valence-electron chi connectivity index (χ3n) is 6.70. The van der Waals surface area contributed by atoms with Crippen molar-refractivity contribution in [3.05, 3.63) is 59.2 Å².